The molecular weight excluding hydrogens is 362 g/mol. The molecule has 2 rings (SSSR count). The van der Waals surface area contributed by atoms with Crippen LogP contribution in [-0.2, 0) is 23.9 Å². The number of esters is 1. The lowest BCUT2D eigenvalue weighted by molar-refractivity contribution is -0.137. The van der Waals surface area contributed by atoms with Crippen LogP contribution in [0.3, 0.4) is 0 Å². The summed E-state index contributed by atoms with van der Waals surface area (Å²) in [4.78, 5) is 36.2. The minimum Gasteiger partial charge on any atom is -0.465 e. The van der Waals surface area contributed by atoms with Crippen LogP contribution in [0.4, 0.5) is 0 Å². The average molecular weight is 389 g/mol. The van der Waals surface area contributed by atoms with Crippen molar-refractivity contribution in [2.75, 3.05) is 7.11 Å². The number of amides is 1. The molecule has 0 spiro atoms. The van der Waals surface area contributed by atoms with Gasteiger partial charge in [0.25, 0.3) is 5.91 Å². The third-order valence-corrected chi connectivity index (χ3v) is 4.81. The lowest BCUT2D eigenvalue weighted by Gasteiger charge is -2.16. The van der Waals surface area contributed by atoms with Gasteiger partial charge in [0.2, 0.25) is 11.4 Å². The summed E-state index contributed by atoms with van der Waals surface area (Å²) in [6, 6.07) is 0. The van der Waals surface area contributed by atoms with Crippen molar-refractivity contribution in [2.45, 2.75) is 58.0 Å². The molecule has 2 saturated heterocycles. The zero-order chi connectivity index (χ0) is 21.1. The molecule has 7 heteroatoms. The molecule has 2 fully saturated rings. The molecule has 3 atom stereocenters. The van der Waals surface area contributed by atoms with Crippen LogP contribution >= 0.6 is 0 Å². The Morgan fingerprint density at radius 2 is 2.00 bits per heavy atom. The number of Topliss-reactive ketones (excluding diaryl/α,β-unsaturated/α-hetero) is 1. The van der Waals surface area contributed by atoms with E-state index in [1.54, 1.807) is 32.1 Å². The van der Waals surface area contributed by atoms with Crippen LogP contribution in [-0.4, -0.2) is 47.3 Å². The number of aliphatic hydroxyl groups is 1. The standard InChI is InChI=1S/C21H27NO6/c1-6-15(17(24)27-5)12-13(2)10-8-7-9-11-14(3)16(23)21-18(28-21)20(4,26)22-19(21)25/h6,8,10-12,18,26H,7,9H2,1-5H3,(H,22,25)/b10-8+,13-12+,14-11+,15-6+. The van der Waals surface area contributed by atoms with Crippen LogP contribution in [0.15, 0.2) is 47.1 Å². The fourth-order valence-electron chi connectivity index (χ4n) is 3.22. The summed E-state index contributed by atoms with van der Waals surface area (Å²) in [7, 11) is 1.34. The second kappa shape index (κ2) is 8.24. The van der Waals surface area contributed by atoms with Crippen molar-refractivity contribution in [3.8, 4) is 0 Å². The van der Waals surface area contributed by atoms with Crippen LogP contribution in [0.5, 0.6) is 0 Å². The molecule has 0 aliphatic carbocycles. The molecule has 152 valence electrons. The molecule has 0 aromatic carbocycles. The number of hydrogen-bond acceptors (Lipinski definition) is 6. The van der Waals surface area contributed by atoms with Gasteiger partial charge in [-0.05, 0) is 52.2 Å². The summed E-state index contributed by atoms with van der Waals surface area (Å²) in [5.41, 5.74) is -1.29. The Morgan fingerprint density at radius 1 is 1.32 bits per heavy atom. The van der Waals surface area contributed by atoms with Crippen LogP contribution < -0.4 is 5.32 Å². The number of methoxy groups -OCH3 is 1. The van der Waals surface area contributed by atoms with Gasteiger partial charge in [-0.3, -0.25) is 9.59 Å². The van der Waals surface area contributed by atoms with Gasteiger partial charge in [-0.25, -0.2) is 4.79 Å². The Morgan fingerprint density at radius 3 is 2.50 bits per heavy atom. The van der Waals surface area contributed by atoms with E-state index in [0.29, 0.717) is 24.0 Å². The predicted molar refractivity (Wildman–Crippen MR) is 103 cm³/mol. The highest BCUT2D eigenvalue weighted by Crippen LogP contribution is 2.49. The van der Waals surface area contributed by atoms with E-state index in [4.69, 9.17) is 9.47 Å². The third-order valence-electron chi connectivity index (χ3n) is 4.81. The highest BCUT2D eigenvalue weighted by molar-refractivity contribution is 6.21. The summed E-state index contributed by atoms with van der Waals surface area (Å²) in [5.74, 6) is -1.39. The first kappa shape index (κ1) is 21.8. The van der Waals surface area contributed by atoms with Crippen LogP contribution in [0.25, 0.3) is 0 Å². The van der Waals surface area contributed by atoms with Crippen molar-refractivity contribution >= 4 is 17.7 Å². The van der Waals surface area contributed by atoms with E-state index in [1.165, 1.54) is 14.0 Å². The number of epoxide rings is 1. The predicted octanol–water partition coefficient (Wildman–Crippen LogP) is 1.88. The van der Waals surface area contributed by atoms with E-state index in [9.17, 15) is 19.5 Å². The molecule has 7 nitrogen and oxygen atoms in total. The molecule has 0 aromatic rings. The molecule has 28 heavy (non-hydrogen) atoms. The monoisotopic (exact) mass is 389 g/mol. The maximum atomic E-state index is 12.6. The van der Waals surface area contributed by atoms with Crippen molar-refractivity contribution in [2.24, 2.45) is 0 Å². The Kier molecular flexibility index (Phi) is 6.41. The lowest BCUT2D eigenvalue weighted by atomic mass is 9.93. The zero-order valence-corrected chi connectivity index (χ0v) is 16.9. The highest BCUT2D eigenvalue weighted by Gasteiger charge is 2.79. The second-order valence-electron chi connectivity index (χ2n) is 7.16. The van der Waals surface area contributed by atoms with Crippen molar-refractivity contribution < 1.29 is 29.0 Å². The number of morpholine rings is 1. The SMILES string of the molecule is C\C=C(/C=C(C)/C=C/CC/C=C(\C)C(=O)C12OC1C(C)(O)NC2=O)C(=O)OC. The van der Waals surface area contributed by atoms with E-state index in [-0.39, 0.29) is 5.97 Å². The van der Waals surface area contributed by atoms with Gasteiger partial charge in [-0.1, -0.05) is 29.9 Å². The van der Waals surface area contributed by atoms with E-state index in [1.807, 2.05) is 19.1 Å². The number of unbranched alkanes of at least 4 members (excludes halogenated alkanes) is 1. The minimum absolute atomic E-state index is 0.387. The van der Waals surface area contributed by atoms with Gasteiger partial charge >= 0.3 is 5.97 Å². The summed E-state index contributed by atoms with van der Waals surface area (Å²) in [6.45, 7) is 6.69. The second-order valence-corrected chi connectivity index (χ2v) is 7.16. The van der Waals surface area contributed by atoms with Gasteiger partial charge in [0.1, 0.15) is 0 Å². The van der Waals surface area contributed by atoms with Crippen molar-refractivity contribution in [3.05, 3.63) is 47.1 Å². The van der Waals surface area contributed by atoms with E-state index >= 15 is 0 Å². The number of carbonyl (C=O) groups is 3. The topological polar surface area (TPSA) is 105 Å². The molecular formula is C21H27NO6. The van der Waals surface area contributed by atoms with Gasteiger partial charge < -0.3 is 19.9 Å². The summed E-state index contributed by atoms with van der Waals surface area (Å²) in [6.07, 6.45) is 9.45. The van der Waals surface area contributed by atoms with Gasteiger partial charge in [0, 0.05) is 0 Å². The molecule has 0 saturated carbocycles. The first-order valence-corrected chi connectivity index (χ1v) is 9.14. The fraction of sp³-hybridized carbons (Fsp3) is 0.476. The molecule has 0 radical (unpaired) electrons. The maximum Gasteiger partial charge on any atom is 0.337 e. The highest BCUT2D eigenvalue weighted by atomic mass is 16.6. The number of ether oxygens (including phenoxy) is 2. The first-order chi connectivity index (χ1) is 13.1. The van der Waals surface area contributed by atoms with E-state index in [0.717, 1.165) is 5.57 Å². The molecule has 1 amide bonds. The first-order valence-electron chi connectivity index (χ1n) is 9.14. The molecule has 2 aliphatic heterocycles. The number of carbonyl (C=O) groups excluding carboxylic acids is 3. The normalized spacial score (nSPS) is 30.3. The Balaban J connectivity index is 1.90. The van der Waals surface area contributed by atoms with Gasteiger partial charge in [0.05, 0.1) is 12.7 Å². The number of allylic oxidation sites excluding steroid dienone is 5. The van der Waals surface area contributed by atoms with E-state index < -0.39 is 29.1 Å². The molecule has 3 unspecified atom stereocenters. The zero-order valence-electron chi connectivity index (χ0n) is 16.9. The number of nitrogens with one attached hydrogen (secondary N) is 1. The maximum absolute atomic E-state index is 12.6. The fourth-order valence-corrected chi connectivity index (χ4v) is 3.22. The number of fused-ring (bicyclic) bond motifs is 1. The van der Waals surface area contributed by atoms with Crippen LogP contribution in [0, 0.1) is 0 Å². The minimum atomic E-state index is -1.57. The summed E-state index contributed by atoms with van der Waals surface area (Å²) < 4.78 is 9.97. The lowest BCUT2D eigenvalue weighted by Crippen LogP contribution is -2.45. The van der Waals surface area contributed by atoms with Crippen LogP contribution in [0.1, 0.15) is 40.5 Å². The Hall–Kier alpha value is -2.51. The molecule has 2 N–H and O–H groups in total. The van der Waals surface area contributed by atoms with Crippen LogP contribution in [0.2, 0.25) is 0 Å². The van der Waals surface area contributed by atoms with Crippen molar-refractivity contribution in [1.29, 1.82) is 0 Å². The number of hydrogen-bond donors (Lipinski definition) is 2. The quantitative estimate of drug-likeness (QED) is 0.164. The Labute approximate surface area is 164 Å². The van der Waals surface area contributed by atoms with Gasteiger partial charge in [-0.15, -0.1) is 0 Å². The van der Waals surface area contributed by atoms with Gasteiger partial charge in [0.15, 0.2) is 11.8 Å². The largest absolute Gasteiger partial charge is 0.465 e. The van der Waals surface area contributed by atoms with E-state index in [2.05, 4.69) is 5.32 Å². The van der Waals surface area contributed by atoms with Crippen molar-refractivity contribution in [3.63, 3.8) is 0 Å². The smallest absolute Gasteiger partial charge is 0.337 e. The molecule has 0 bridgehead atoms. The molecule has 2 aliphatic rings. The summed E-state index contributed by atoms with van der Waals surface area (Å²) >= 11 is 0. The number of rotatable bonds is 8. The van der Waals surface area contributed by atoms with Gasteiger partial charge in [-0.2, -0.15) is 0 Å². The number of ketones is 1. The van der Waals surface area contributed by atoms with Crippen molar-refractivity contribution in [1.82, 2.24) is 5.32 Å². The average Bonchev–Trinajstić information content (AvgIpc) is 3.38. The molecule has 0 aromatic heterocycles. The molecule has 2 heterocycles. The Bertz CT molecular complexity index is 802. The third kappa shape index (κ3) is 4.15. The summed E-state index contributed by atoms with van der Waals surface area (Å²) in [5, 5.41) is 12.4.